The van der Waals surface area contributed by atoms with Crippen molar-refractivity contribution in [2.24, 2.45) is 5.92 Å². The van der Waals surface area contributed by atoms with Crippen molar-refractivity contribution in [2.75, 3.05) is 11.9 Å². The molecule has 1 aliphatic carbocycles. The zero-order valence-electron chi connectivity index (χ0n) is 11.1. The lowest BCUT2D eigenvalue weighted by atomic mass is 10.1. The molecular formula is C13H14N4O4. The number of rotatable bonds is 5. The van der Waals surface area contributed by atoms with E-state index < -0.39 is 16.6 Å². The van der Waals surface area contributed by atoms with Gasteiger partial charge in [-0.2, -0.15) is 0 Å². The van der Waals surface area contributed by atoms with Gasteiger partial charge in [0, 0.05) is 12.6 Å². The van der Waals surface area contributed by atoms with Crippen LogP contribution in [-0.2, 0) is 0 Å². The Bertz CT molecular complexity index is 753. The Morgan fingerprint density at radius 2 is 2.29 bits per heavy atom. The first-order valence-electron chi connectivity index (χ1n) is 6.64. The molecule has 21 heavy (non-hydrogen) atoms. The maximum absolute atomic E-state index is 11.6. The molecule has 0 bridgehead atoms. The minimum Gasteiger partial charge on any atom is -0.391 e. The van der Waals surface area contributed by atoms with Crippen LogP contribution >= 0.6 is 0 Å². The van der Waals surface area contributed by atoms with E-state index in [1.54, 1.807) is 0 Å². The number of benzene rings is 1. The Hall–Kier alpha value is -2.48. The van der Waals surface area contributed by atoms with Crippen LogP contribution in [0.1, 0.15) is 12.8 Å². The highest BCUT2D eigenvalue weighted by Crippen LogP contribution is 2.33. The van der Waals surface area contributed by atoms with Gasteiger partial charge in [0.05, 0.1) is 28.3 Å². The maximum Gasteiger partial charge on any atom is 0.293 e. The molecule has 0 radical (unpaired) electrons. The third-order valence-corrected chi connectivity index (χ3v) is 3.62. The molecule has 3 rings (SSSR count). The molecule has 1 fully saturated rings. The lowest BCUT2D eigenvalue weighted by Gasteiger charge is -2.12. The van der Waals surface area contributed by atoms with E-state index in [1.807, 2.05) is 0 Å². The van der Waals surface area contributed by atoms with E-state index in [0.717, 1.165) is 12.8 Å². The number of nitrogens with zero attached hydrogens (tertiary/aromatic N) is 2. The predicted molar refractivity (Wildman–Crippen MR) is 76.2 cm³/mol. The summed E-state index contributed by atoms with van der Waals surface area (Å²) in [6.45, 7) is 0.236. The molecule has 1 heterocycles. The largest absolute Gasteiger partial charge is 0.391 e. The first-order valence-corrected chi connectivity index (χ1v) is 6.64. The normalized spacial score (nSPS) is 15.9. The number of aromatic amines is 1. The Morgan fingerprint density at radius 1 is 1.52 bits per heavy atom. The monoisotopic (exact) mass is 290 g/mol. The fraction of sp³-hybridized carbons (Fsp3) is 0.385. The number of nitro benzene ring substituents is 1. The molecule has 0 aliphatic heterocycles. The summed E-state index contributed by atoms with van der Waals surface area (Å²) in [5.41, 5.74) is -0.00489. The number of H-pyrrole nitrogens is 1. The summed E-state index contributed by atoms with van der Waals surface area (Å²) in [5, 5.41) is 24.0. The number of aliphatic hydroxyl groups excluding tert-OH is 1. The minimum absolute atomic E-state index is 0.164. The summed E-state index contributed by atoms with van der Waals surface area (Å²) in [4.78, 5) is 28.6. The first-order chi connectivity index (χ1) is 10.1. The van der Waals surface area contributed by atoms with Crippen LogP contribution in [0.3, 0.4) is 0 Å². The summed E-state index contributed by atoms with van der Waals surface area (Å²) < 4.78 is 0. The molecule has 8 heteroatoms. The van der Waals surface area contributed by atoms with Crippen molar-refractivity contribution in [2.45, 2.75) is 18.9 Å². The van der Waals surface area contributed by atoms with Gasteiger partial charge in [-0.05, 0) is 24.8 Å². The topological polar surface area (TPSA) is 121 Å². The summed E-state index contributed by atoms with van der Waals surface area (Å²) in [7, 11) is 0. The quantitative estimate of drug-likeness (QED) is 0.558. The smallest absolute Gasteiger partial charge is 0.293 e. The van der Waals surface area contributed by atoms with E-state index >= 15 is 0 Å². The van der Waals surface area contributed by atoms with Gasteiger partial charge < -0.3 is 15.4 Å². The second-order valence-corrected chi connectivity index (χ2v) is 5.16. The number of aliphatic hydroxyl groups is 1. The third-order valence-electron chi connectivity index (χ3n) is 3.62. The van der Waals surface area contributed by atoms with Crippen molar-refractivity contribution in [3.63, 3.8) is 0 Å². The molecule has 0 saturated heterocycles. The van der Waals surface area contributed by atoms with Crippen molar-refractivity contribution in [1.29, 1.82) is 0 Å². The number of aromatic nitrogens is 2. The number of fused-ring (bicyclic) bond motifs is 1. The number of hydrogen-bond donors (Lipinski definition) is 3. The minimum atomic E-state index is -0.558. The van der Waals surface area contributed by atoms with Crippen molar-refractivity contribution in [1.82, 2.24) is 9.97 Å². The van der Waals surface area contributed by atoms with Crippen LogP contribution in [0.2, 0.25) is 0 Å². The Labute approximate surface area is 119 Å². The second kappa shape index (κ2) is 5.13. The van der Waals surface area contributed by atoms with E-state index in [2.05, 4.69) is 15.3 Å². The molecule has 1 aromatic heterocycles. The lowest BCUT2D eigenvalue weighted by Crippen LogP contribution is -2.21. The van der Waals surface area contributed by atoms with Gasteiger partial charge in [0.2, 0.25) is 0 Å². The highest BCUT2D eigenvalue weighted by molar-refractivity contribution is 5.86. The highest BCUT2D eigenvalue weighted by atomic mass is 16.6. The van der Waals surface area contributed by atoms with Crippen molar-refractivity contribution in [3.8, 4) is 0 Å². The van der Waals surface area contributed by atoms with Crippen molar-refractivity contribution >= 4 is 22.3 Å². The average Bonchev–Trinajstić information content (AvgIpc) is 3.28. The molecular weight excluding hydrogens is 276 g/mol. The van der Waals surface area contributed by atoms with E-state index in [-0.39, 0.29) is 29.2 Å². The van der Waals surface area contributed by atoms with Gasteiger partial charge in [-0.3, -0.25) is 14.9 Å². The van der Waals surface area contributed by atoms with Gasteiger partial charge in [-0.1, -0.05) is 0 Å². The third kappa shape index (κ3) is 2.70. The van der Waals surface area contributed by atoms with E-state index in [4.69, 9.17) is 0 Å². The lowest BCUT2D eigenvalue weighted by molar-refractivity contribution is -0.383. The fourth-order valence-electron chi connectivity index (χ4n) is 2.26. The summed E-state index contributed by atoms with van der Waals surface area (Å²) in [6.07, 6.45) is 2.70. The SMILES string of the molecule is O=c1[nH]cnc2cc(NCC(O)C3CC3)c([N+](=O)[O-])cc12. The van der Waals surface area contributed by atoms with Crippen LogP contribution in [0, 0.1) is 16.0 Å². The fourth-order valence-corrected chi connectivity index (χ4v) is 2.26. The van der Waals surface area contributed by atoms with E-state index in [9.17, 15) is 20.0 Å². The van der Waals surface area contributed by atoms with Gasteiger partial charge in [0.1, 0.15) is 5.69 Å². The highest BCUT2D eigenvalue weighted by Gasteiger charge is 2.30. The molecule has 1 aliphatic rings. The molecule has 8 nitrogen and oxygen atoms in total. The molecule has 1 atom stereocenters. The average molecular weight is 290 g/mol. The van der Waals surface area contributed by atoms with E-state index in [0.29, 0.717) is 5.52 Å². The molecule has 2 aromatic rings. The van der Waals surface area contributed by atoms with Gasteiger partial charge in [-0.25, -0.2) is 4.98 Å². The maximum atomic E-state index is 11.6. The van der Waals surface area contributed by atoms with Crippen LogP contribution in [-0.4, -0.2) is 32.6 Å². The number of hydrogen-bond acceptors (Lipinski definition) is 6. The molecule has 0 spiro atoms. The molecule has 3 N–H and O–H groups in total. The summed E-state index contributed by atoms with van der Waals surface area (Å²) in [5.74, 6) is 0.276. The Balaban J connectivity index is 1.96. The number of nitrogens with one attached hydrogen (secondary N) is 2. The van der Waals surface area contributed by atoms with Crippen LogP contribution in [0.4, 0.5) is 11.4 Å². The van der Waals surface area contributed by atoms with Crippen LogP contribution in [0.15, 0.2) is 23.3 Å². The second-order valence-electron chi connectivity index (χ2n) is 5.16. The molecule has 1 saturated carbocycles. The predicted octanol–water partition coefficient (Wildman–Crippen LogP) is 1.01. The standard InChI is InChI=1S/C13H14N4O4/c18-12(7-1-2-7)5-14-10-4-9-8(3-11(10)17(20)21)13(19)16-6-15-9/h3-4,6-7,12,14,18H,1-2,5H2,(H,15,16,19). The van der Waals surface area contributed by atoms with Gasteiger partial charge in [0.25, 0.3) is 11.2 Å². The number of anilines is 1. The van der Waals surface area contributed by atoms with Gasteiger partial charge >= 0.3 is 0 Å². The summed E-state index contributed by atoms with van der Waals surface area (Å²) >= 11 is 0. The molecule has 1 aromatic carbocycles. The number of nitro groups is 1. The Kier molecular flexibility index (Phi) is 3.30. The first kappa shape index (κ1) is 13.5. The summed E-state index contributed by atoms with van der Waals surface area (Å²) in [6, 6.07) is 2.66. The zero-order chi connectivity index (χ0) is 15.0. The van der Waals surface area contributed by atoms with Gasteiger partial charge in [0.15, 0.2) is 0 Å². The van der Waals surface area contributed by atoms with Crippen molar-refractivity contribution in [3.05, 3.63) is 38.9 Å². The van der Waals surface area contributed by atoms with Crippen LogP contribution in [0.5, 0.6) is 0 Å². The molecule has 1 unspecified atom stereocenters. The van der Waals surface area contributed by atoms with Crippen molar-refractivity contribution < 1.29 is 10.0 Å². The Morgan fingerprint density at radius 3 is 2.95 bits per heavy atom. The van der Waals surface area contributed by atoms with Crippen LogP contribution < -0.4 is 10.9 Å². The molecule has 110 valence electrons. The van der Waals surface area contributed by atoms with Crippen LogP contribution in [0.25, 0.3) is 10.9 Å². The zero-order valence-corrected chi connectivity index (χ0v) is 11.1. The van der Waals surface area contributed by atoms with E-state index in [1.165, 1.54) is 18.5 Å². The van der Waals surface area contributed by atoms with Gasteiger partial charge in [-0.15, -0.1) is 0 Å². The molecule has 0 amide bonds.